The lowest BCUT2D eigenvalue weighted by Gasteiger charge is -2.19. The quantitative estimate of drug-likeness (QED) is 0.798. The van der Waals surface area contributed by atoms with E-state index in [-0.39, 0.29) is 11.6 Å². The van der Waals surface area contributed by atoms with Crippen molar-refractivity contribution in [1.29, 1.82) is 0 Å². The first-order valence-electron chi connectivity index (χ1n) is 6.61. The van der Waals surface area contributed by atoms with Crippen LogP contribution in [0.5, 0.6) is 0 Å². The number of carbonyl (C=O) groups is 1. The number of rotatable bonds is 5. The van der Waals surface area contributed by atoms with Crippen molar-refractivity contribution in [3.8, 4) is 0 Å². The molecule has 0 radical (unpaired) electrons. The molecule has 2 amide bonds. The summed E-state index contributed by atoms with van der Waals surface area (Å²) >= 11 is 0. The van der Waals surface area contributed by atoms with Crippen LogP contribution in [0.3, 0.4) is 0 Å². The van der Waals surface area contributed by atoms with Gasteiger partial charge in [-0.05, 0) is 20.8 Å². The van der Waals surface area contributed by atoms with Gasteiger partial charge in [-0.3, -0.25) is 4.68 Å². The van der Waals surface area contributed by atoms with Crippen LogP contribution in [0.4, 0.5) is 4.79 Å². The topological polar surface area (TPSA) is 75.1 Å². The van der Waals surface area contributed by atoms with E-state index in [0.717, 1.165) is 18.8 Å². The molecule has 2 rings (SSSR count). The number of nitrogens with zero attached hydrogens (tertiary/aromatic N) is 4. The van der Waals surface area contributed by atoms with Gasteiger partial charge < -0.3 is 15.5 Å². The molecule has 1 aromatic rings. The highest BCUT2D eigenvalue weighted by Gasteiger charge is 2.18. The van der Waals surface area contributed by atoms with Gasteiger partial charge in [-0.15, -0.1) is 5.10 Å². The molecule has 7 heteroatoms. The fourth-order valence-corrected chi connectivity index (χ4v) is 1.83. The molecule has 2 heterocycles. The lowest BCUT2D eigenvalue weighted by molar-refractivity contribution is 0.215. The van der Waals surface area contributed by atoms with Crippen LogP contribution in [0.25, 0.3) is 0 Å². The zero-order valence-electron chi connectivity index (χ0n) is 11.8. The minimum absolute atomic E-state index is 0.00902. The maximum atomic E-state index is 11.4. The van der Waals surface area contributed by atoms with Gasteiger partial charge in [-0.25, -0.2) is 4.79 Å². The van der Waals surface area contributed by atoms with E-state index in [0.29, 0.717) is 19.6 Å². The van der Waals surface area contributed by atoms with Gasteiger partial charge in [0.15, 0.2) is 0 Å². The van der Waals surface area contributed by atoms with E-state index in [2.05, 4.69) is 41.7 Å². The van der Waals surface area contributed by atoms with Crippen molar-refractivity contribution in [2.45, 2.75) is 39.4 Å². The molecule has 0 aromatic carbocycles. The number of amides is 2. The fraction of sp³-hybridized carbons (Fsp3) is 0.750. The summed E-state index contributed by atoms with van der Waals surface area (Å²) < 4.78 is 1.78. The van der Waals surface area contributed by atoms with Gasteiger partial charge in [0.1, 0.15) is 0 Å². The van der Waals surface area contributed by atoms with Gasteiger partial charge in [0.25, 0.3) is 0 Å². The minimum atomic E-state index is 0.00902. The van der Waals surface area contributed by atoms with Crippen molar-refractivity contribution >= 4 is 6.03 Å². The summed E-state index contributed by atoms with van der Waals surface area (Å²) in [6.45, 7) is 9.89. The van der Waals surface area contributed by atoms with Crippen LogP contribution in [0, 0.1) is 0 Å². The predicted molar refractivity (Wildman–Crippen MR) is 71.6 cm³/mol. The Kier molecular flexibility index (Phi) is 4.04. The first kappa shape index (κ1) is 13.8. The third-order valence-electron chi connectivity index (χ3n) is 2.93. The zero-order chi connectivity index (χ0) is 13.9. The second-order valence-electron chi connectivity index (χ2n) is 5.80. The molecule has 0 spiro atoms. The number of hydrogen-bond donors (Lipinski definition) is 2. The Balaban J connectivity index is 1.79. The maximum Gasteiger partial charge on any atom is 0.317 e. The maximum absolute atomic E-state index is 11.4. The largest absolute Gasteiger partial charge is 0.336 e. The lowest BCUT2D eigenvalue weighted by atomic mass is 10.1. The molecule has 1 fully saturated rings. The van der Waals surface area contributed by atoms with Crippen LogP contribution in [0.1, 0.15) is 26.5 Å². The molecular weight excluding hydrogens is 244 g/mol. The molecule has 1 aliphatic rings. The molecule has 0 saturated carbocycles. The Morgan fingerprint density at radius 2 is 2.21 bits per heavy atom. The third kappa shape index (κ3) is 4.20. The van der Waals surface area contributed by atoms with Gasteiger partial charge in [0.05, 0.1) is 12.2 Å². The monoisotopic (exact) mass is 266 g/mol. The highest BCUT2D eigenvalue weighted by molar-refractivity contribution is 5.76. The van der Waals surface area contributed by atoms with E-state index in [4.69, 9.17) is 0 Å². The van der Waals surface area contributed by atoms with Crippen LogP contribution >= 0.6 is 0 Å². The lowest BCUT2D eigenvalue weighted by Crippen LogP contribution is -2.35. The summed E-state index contributed by atoms with van der Waals surface area (Å²) in [5.41, 5.74) is 0.984. The molecule has 0 aliphatic carbocycles. The van der Waals surface area contributed by atoms with E-state index in [1.807, 2.05) is 6.20 Å². The molecule has 19 heavy (non-hydrogen) atoms. The first-order valence-corrected chi connectivity index (χ1v) is 6.61. The second-order valence-corrected chi connectivity index (χ2v) is 5.80. The minimum Gasteiger partial charge on any atom is -0.336 e. The van der Waals surface area contributed by atoms with Gasteiger partial charge in [-0.1, -0.05) is 5.21 Å². The van der Waals surface area contributed by atoms with Crippen molar-refractivity contribution < 1.29 is 4.79 Å². The molecule has 1 saturated heterocycles. The number of urea groups is 1. The number of carbonyl (C=O) groups excluding carboxylic acids is 1. The molecule has 1 aliphatic heterocycles. The van der Waals surface area contributed by atoms with Gasteiger partial charge in [-0.2, -0.15) is 0 Å². The molecular formula is C12H22N6O. The first-order chi connectivity index (χ1) is 8.94. The molecule has 0 bridgehead atoms. The number of hydrogen-bond acceptors (Lipinski definition) is 4. The summed E-state index contributed by atoms with van der Waals surface area (Å²) in [4.78, 5) is 13.2. The van der Waals surface area contributed by atoms with Crippen molar-refractivity contribution in [1.82, 2.24) is 30.5 Å². The number of aromatic nitrogens is 3. The SMILES string of the molecule is CC(C)(C)NCc1cn(CCN2CCNC2=O)nn1. The van der Waals surface area contributed by atoms with E-state index < -0.39 is 0 Å². The molecule has 7 nitrogen and oxygen atoms in total. The molecule has 0 unspecified atom stereocenters. The highest BCUT2D eigenvalue weighted by atomic mass is 16.2. The van der Waals surface area contributed by atoms with Crippen LogP contribution in [0.15, 0.2) is 6.20 Å². The van der Waals surface area contributed by atoms with E-state index in [1.165, 1.54) is 0 Å². The van der Waals surface area contributed by atoms with E-state index in [9.17, 15) is 4.79 Å². The Bertz CT molecular complexity index is 436. The zero-order valence-corrected chi connectivity index (χ0v) is 11.8. The van der Waals surface area contributed by atoms with Crippen molar-refractivity contribution in [3.63, 3.8) is 0 Å². The molecule has 106 valence electrons. The summed E-state index contributed by atoms with van der Waals surface area (Å²) in [6.07, 6.45) is 1.92. The van der Waals surface area contributed by atoms with E-state index >= 15 is 0 Å². The molecule has 2 N–H and O–H groups in total. The predicted octanol–water partition coefficient (Wildman–Crippen LogP) is 0.191. The average molecular weight is 266 g/mol. The smallest absolute Gasteiger partial charge is 0.317 e. The standard InChI is InChI=1S/C12H22N6O/c1-12(2,3)14-8-10-9-18(16-15-10)7-6-17-5-4-13-11(17)19/h9,14H,4-8H2,1-3H3,(H,13,19). The summed E-state index contributed by atoms with van der Waals surface area (Å²) in [7, 11) is 0. The third-order valence-corrected chi connectivity index (χ3v) is 2.93. The number of nitrogens with one attached hydrogen (secondary N) is 2. The highest BCUT2D eigenvalue weighted by Crippen LogP contribution is 2.02. The van der Waals surface area contributed by atoms with Crippen LogP contribution in [-0.2, 0) is 13.1 Å². The van der Waals surface area contributed by atoms with Gasteiger partial charge >= 0.3 is 6.03 Å². The van der Waals surface area contributed by atoms with Crippen molar-refractivity contribution in [3.05, 3.63) is 11.9 Å². The van der Waals surface area contributed by atoms with E-state index in [1.54, 1.807) is 9.58 Å². The van der Waals surface area contributed by atoms with Gasteiger partial charge in [0, 0.05) is 37.9 Å². The average Bonchev–Trinajstić information content (AvgIpc) is 2.92. The summed E-state index contributed by atoms with van der Waals surface area (Å²) in [6, 6.07) is 0.00902. The van der Waals surface area contributed by atoms with Crippen molar-refractivity contribution in [2.75, 3.05) is 19.6 Å². The van der Waals surface area contributed by atoms with Crippen LogP contribution < -0.4 is 10.6 Å². The van der Waals surface area contributed by atoms with Crippen LogP contribution in [0.2, 0.25) is 0 Å². The Morgan fingerprint density at radius 3 is 2.84 bits per heavy atom. The Morgan fingerprint density at radius 1 is 1.42 bits per heavy atom. The summed E-state index contributed by atoms with van der Waals surface area (Å²) in [5, 5.41) is 14.3. The van der Waals surface area contributed by atoms with Crippen molar-refractivity contribution in [2.24, 2.45) is 0 Å². The fourth-order valence-electron chi connectivity index (χ4n) is 1.83. The van der Waals surface area contributed by atoms with Crippen LogP contribution in [-0.4, -0.2) is 51.1 Å². The molecule has 1 aromatic heterocycles. The van der Waals surface area contributed by atoms with Gasteiger partial charge in [0.2, 0.25) is 0 Å². The Hall–Kier alpha value is -1.63. The normalized spacial score (nSPS) is 15.9. The molecule has 0 atom stereocenters. The Labute approximate surface area is 113 Å². The second kappa shape index (κ2) is 5.56. The summed E-state index contributed by atoms with van der Waals surface area (Å²) in [5.74, 6) is 0.